The van der Waals surface area contributed by atoms with Gasteiger partial charge in [0.25, 0.3) is 5.56 Å². The Hall–Kier alpha value is -2.43. The Kier molecular flexibility index (Phi) is 5.84. The van der Waals surface area contributed by atoms with E-state index in [0.29, 0.717) is 27.9 Å². The molecule has 152 valence electrons. The standard InChI is InChI=1S/C19H20N4O4S2/c1-28-18-21-16-15(29-18)17(25)23(12-6-3-2-4-7-12)19(26)22(16)11-14(24)20-10-13-8-5-9-27-13/h2-4,6-7,13H,5,8-11H2,1H3,(H,20,24)/t13-/m1/s1. The van der Waals surface area contributed by atoms with Crippen LogP contribution >= 0.6 is 23.1 Å². The lowest BCUT2D eigenvalue weighted by atomic mass is 10.2. The Bertz CT molecular complexity index is 1150. The number of aromatic nitrogens is 3. The Morgan fingerprint density at radius 3 is 2.83 bits per heavy atom. The van der Waals surface area contributed by atoms with E-state index in [9.17, 15) is 14.4 Å². The van der Waals surface area contributed by atoms with E-state index in [1.54, 1.807) is 24.3 Å². The fourth-order valence-electron chi connectivity index (χ4n) is 3.28. The van der Waals surface area contributed by atoms with Crippen molar-refractivity contribution in [1.29, 1.82) is 0 Å². The molecule has 1 saturated heterocycles. The maximum atomic E-state index is 13.2. The summed E-state index contributed by atoms with van der Waals surface area (Å²) >= 11 is 2.62. The molecule has 3 heterocycles. The Balaban J connectivity index is 1.75. The summed E-state index contributed by atoms with van der Waals surface area (Å²) in [5.41, 5.74) is -0.310. The number of fused-ring (bicyclic) bond motifs is 1. The summed E-state index contributed by atoms with van der Waals surface area (Å²) in [7, 11) is 0. The largest absolute Gasteiger partial charge is 0.376 e. The van der Waals surface area contributed by atoms with E-state index in [4.69, 9.17) is 4.74 Å². The van der Waals surface area contributed by atoms with E-state index < -0.39 is 11.2 Å². The molecule has 1 N–H and O–H groups in total. The third kappa shape index (κ3) is 4.00. The van der Waals surface area contributed by atoms with E-state index in [0.717, 1.165) is 17.4 Å². The number of carbonyl (C=O) groups excluding carboxylic acids is 1. The summed E-state index contributed by atoms with van der Waals surface area (Å²) in [5.74, 6) is -0.319. The third-order valence-electron chi connectivity index (χ3n) is 4.71. The van der Waals surface area contributed by atoms with Gasteiger partial charge in [-0.15, -0.1) is 11.3 Å². The van der Waals surface area contributed by atoms with Crippen LogP contribution in [0.25, 0.3) is 16.0 Å². The van der Waals surface area contributed by atoms with Crippen LogP contribution in [0.2, 0.25) is 0 Å². The molecule has 2 aromatic heterocycles. The van der Waals surface area contributed by atoms with Crippen LogP contribution in [0, 0.1) is 0 Å². The third-order valence-corrected chi connectivity index (χ3v) is 6.72. The second-order valence-electron chi connectivity index (χ2n) is 6.62. The van der Waals surface area contributed by atoms with Crippen LogP contribution in [-0.4, -0.2) is 45.5 Å². The normalized spacial score (nSPS) is 16.4. The average molecular weight is 433 g/mol. The van der Waals surface area contributed by atoms with Gasteiger partial charge in [-0.25, -0.2) is 14.3 Å². The first-order valence-electron chi connectivity index (χ1n) is 9.22. The van der Waals surface area contributed by atoms with Crippen molar-refractivity contribution in [2.45, 2.75) is 29.8 Å². The molecule has 1 atom stereocenters. The molecule has 1 aliphatic heterocycles. The first kappa shape index (κ1) is 19.9. The number of nitrogens with zero attached hydrogens (tertiary/aromatic N) is 3. The van der Waals surface area contributed by atoms with Gasteiger partial charge in [0.15, 0.2) is 9.99 Å². The van der Waals surface area contributed by atoms with Crippen molar-refractivity contribution in [1.82, 2.24) is 19.4 Å². The van der Waals surface area contributed by atoms with Crippen LogP contribution in [0.4, 0.5) is 0 Å². The fourth-order valence-corrected chi connectivity index (χ4v) is 4.78. The van der Waals surface area contributed by atoms with Crippen molar-refractivity contribution in [3.8, 4) is 5.69 Å². The van der Waals surface area contributed by atoms with Gasteiger partial charge in [0, 0.05) is 13.2 Å². The molecular formula is C19H20N4O4S2. The molecule has 1 aliphatic rings. The number of carbonyl (C=O) groups is 1. The molecule has 0 spiro atoms. The Morgan fingerprint density at radius 2 is 2.14 bits per heavy atom. The lowest BCUT2D eigenvalue weighted by Gasteiger charge is -2.13. The van der Waals surface area contributed by atoms with Crippen molar-refractivity contribution < 1.29 is 9.53 Å². The summed E-state index contributed by atoms with van der Waals surface area (Å²) in [5, 5.41) is 2.82. The molecule has 3 aromatic rings. The first-order valence-corrected chi connectivity index (χ1v) is 11.3. The van der Waals surface area contributed by atoms with E-state index in [2.05, 4.69) is 10.3 Å². The number of hydrogen-bond acceptors (Lipinski definition) is 7. The average Bonchev–Trinajstić information content (AvgIpc) is 3.40. The first-order chi connectivity index (χ1) is 14.1. The smallest absolute Gasteiger partial charge is 0.337 e. The lowest BCUT2D eigenvalue weighted by Crippen LogP contribution is -2.42. The Labute approximate surface area is 174 Å². The number of benzene rings is 1. The summed E-state index contributed by atoms with van der Waals surface area (Å²) in [6.07, 6.45) is 3.76. The topological polar surface area (TPSA) is 95.2 Å². The van der Waals surface area contributed by atoms with E-state index in [-0.39, 0.29) is 24.2 Å². The molecule has 1 fully saturated rings. The van der Waals surface area contributed by atoms with Gasteiger partial charge in [-0.2, -0.15) is 0 Å². The highest BCUT2D eigenvalue weighted by atomic mass is 32.2. The quantitative estimate of drug-likeness (QED) is 0.595. The fraction of sp³-hybridized carbons (Fsp3) is 0.368. The van der Waals surface area contributed by atoms with Crippen LogP contribution in [0.15, 0.2) is 44.3 Å². The van der Waals surface area contributed by atoms with Gasteiger partial charge in [-0.3, -0.25) is 14.2 Å². The zero-order valence-electron chi connectivity index (χ0n) is 15.8. The lowest BCUT2D eigenvalue weighted by molar-refractivity contribution is -0.122. The molecule has 4 rings (SSSR count). The van der Waals surface area contributed by atoms with Crippen molar-refractivity contribution in [2.24, 2.45) is 0 Å². The number of thiazole rings is 1. The molecule has 8 nitrogen and oxygen atoms in total. The van der Waals surface area contributed by atoms with Crippen LogP contribution in [0.3, 0.4) is 0 Å². The van der Waals surface area contributed by atoms with Gasteiger partial charge in [0.1, 0.15) is 11.2 Å². The van der Waals surface area contributed by atoms with Crippen LogP contribution in [-0.2, 0) is 16.1 Å². The molecule has 29 heavy (non-hydrogen) atoms. The highest BCUT2D eigenvalue weighted by Crippen LogP contribution is 2.25. The van der Waals surface area contributed by atoms with E-state index >= 15 is 0 Å². The van der Waals surface area contributed by atoms with E-state index in [1.807, 2.05) is 12.3 Å². The van der Waals surface area contributed by atoms with Crippen LogP contribution in [0.1, 0.15) is 12.8 Å². The molecular weight excluding hydrogens is 412 g/mol. The second-order valence-corrected chi connectivity index (χ2v) is 8.67. The Morgan fingerprint density at radius 1 is 1.34 bits per heavy atom. The van der Waals surface area contributed by atoms with Crippen LogP contribution in [0.5, 0.6) is 0 Å². The van der Waals surface area contributed by atoms with E-state index in [1.165, 1.54) is 27.7 Å². The SMILES string of the molecule is CSc1nc2c(s1)c(=O)n(-c1ccccc1)c(=O)n2CC(=O)NC[C@H]1CCCO1. The number of rotatable bonds is 6. The van der Waals surface area contributed by atoms with Crippen LogP contribution < -0.4 is 16.6 Å². The van der Waals surface area contributed by atoms with Crippen molar-refractivity contribution in [2.75, 3.05) is 19.4 Å². The number of para-hydroxylation sites is 1. The number of nitrogens with one attached hydrogen (secondary N) is 1. The molecule has 0 unspecified atom stereocenters. The monoisotopic (exact) mass is 432 g/mol. The summed E-state index contributed by atoms with van der Waals surface area (Å²) in [6, 6.07) is 8.69. The number of thioether (sulfide) groups is 1. The molecule has 0 radical (unpaired) electrons. The van der Waals surface area contributed by atoms with Gasteiger partial charge >= 0.3 is 5.69 Å². The van der Waals surface area contributed by atoms with Crippen molar-refractivity contribution in [3.05, 3.63) is 51.2 Å². The predicted molar refractivity (Wildman–Crippen MR) is 113 cm³/mol. The minimum absolute atomic E-state index is 0.0105. The summed E-state index contributed by atoms with van der Waals surface area (Å²) in [4.78, 5) is 43.1. The molecule has 10 heteroatoms. The van der Waals surface area contributed by atoms with Gasteiger partial charge in [0.05, 0.1) is 11.8 Å². The predicted octanol–water partition coefficient (Wildman–Crippen LogP) is 1.63. The van der Waals surface area contributed by atoms with Gasteiger partial charge in [-0.1, -0.05) is 30.0 Å². The number of ether oxygens (including phenoxy) is 1. The molecule has 0 saturated carbocycles. The van der Waals surface area contributed by atoms with Gasteiger partial charge < -0.3 is 10.1 Å². The highest BCUT2D eigenvalue weighted by molar-refractivity contribution is 8.00. The molecule has 0 aliphatic carbocycles. The summed E-state index contributed by atoms with van der Waals surface area (Å²) in [6.45, 7) is 0.897. The minimum atomic E-state index is -0.584. The maximum absolute atomic E-state index is 13.2. The van der Waals surface area contributed by atoms with Crippen molar-refractivity contribution in [3.63, 3.8) is 0 Å². The molecule has 0 bridgehead atoms. The summed E-state index contributed by atoms with van der Waals surface area (Å²) < 4.78 is 8.89. The van der Waals surface area contributed by atoms with Crippen molar-refractivity contribution >= 4 is 39.4 Å². The zero-order valence-corrected chi connectivity index (χ0v) is 17.4. The second kappa shape index (κ2) is 8.52. The molecule has 1 amide bonds. The number of amides is 1. The van der Waals surface area contributed by atoms with Gasteiger partial charge in [-0.05, 0) is 31.2 Å². The minimum Gasteiger partial charge on any atom is -0.376 e. The van der Waals surface area contributed by atoms with Gasteiger partial charge in [0.2, 0.25) is 5.91 Å². The maximum Gasteiger partial charge on any atom is 0.337 e. The zero-order chi connectivity index (χ0) is 20.4. The number of hydrogen-bond donors (Lipinski definition) is 1. The highest BCUT2D eigenvalue weighted by Gasteiger charge is 2.21. The molecule has 1 aromatic carbocycles.